The fourth-order valence-electron chi connectivity index (χ4n) is 3.06. The fourth-order valence-corrected chi connectivity index (χ4v) is 4.03. The number of sulfonamides is 1. The van der Waals surface area contributed by atoms with Gasteiger partial charge in [-0.05, 0) is 57.5 Å². The van der Waals surface area contributed by atoms with Crippen LogP contribution in [0.2, 0.25) is 5.02 Å². The molecule has 0 aliphatic heterocycles. The quantitative estimate of drug-likeness (QED) is 0.628. The second-order valence-electron chi connectivity index (χ2n) is 8.67. The highest BCUT2D eigenvalue weighted by molar-refractivity contribution is 7.92. The van der Waals surface area contributed by atoms with Crippen LogP contribution in [0.4, 0.5) is 5.69 Å². The number of carbonyl (C=O) groups excluding carboxylic acids is 2. The first-order chi connectivity index (χ1) is 14.8. The first-order valence-electron chi connectivity index (χ1n) is 10.2. The Balaban J connectivity index is 2.36. The molecule has 1 N–H and O–H groups in total. The molecule has 2 rings (SSSR count). The monoisotopic (exact) mass is 479 g/mol. The van der Waals surface area contributed by atoms with E-state index >= 15 is 0 Å². The van der Waals surface area contributed by atoms with Crippen molar-refractivity contribution in [1.82, 2.24) is 10.2 Å². The minimum Gasteiger partial charge on any atom is -0.350 e. The molecule has 2 aromatic rings. The summed E-state index contributed by atoms with van der Waals surface area (Å²) in [6.45, 7) is 6.92. The van der Waals surface area contributed by atoms with Crippen molar-refractivity contribution in [2.75, 3.05) is 17.1 Å². The maximum atomic E-state index is 13.4. The zero-order valence-corrected chi connectivity index (χ0v) is 20.6. The zero-order valence-electron chi connectivity index (χ0n) is 19.0. The average molecular weight is 480 g/mol. The van der Waals surface area contributed by atoms with Crippen molar-refractivity contribution < 1.29 is 18.0 Å². The molecule has 1 atom stereocenters. The molecule has 32 heavy (non-hydrogen) atoms. The highest BCUT2D eigenvalue weighted by Crippen LogP contribution is 2.21. The second-order valence-corrected chi connectivity index (χ2v) is 11.0. The largest absolute Gasteiger partial charge is 0.350 e. The van der Waals surface area contributed by atoms with Crippen LogP contribution in [0.3, 0.4) is 0 Å². The predicted octanol–water partition coefficient (Wildman–Crippen LogP) is 3.44. The summed E-state index contributed by atoms with van der Waals surface area (Å²) in [6, 6.07) is 14.6. The van der Waals surface area contributed by atoms with Gasteiger partial charge in [0.2, 0.25) is 21.8 Å². The number of nitrogens with zero attached hydrogens (tertiary/aromatic N) is 2. The van der Waals surface area contributed by atoms with Gasteiger partial charge in [-0.1, -0.05) is 41.9 Å². The molecule has 0 fully saturated rings. The highest BCUT2D eigenvalue weighted by atomic mass is 35.5. The Labute approximate surface area is 195 Å². The SMILES string of the molecule is C[C@@H](C(=O)NC(C)(C)C)N(Cc1ccccc1)C(=O)CN(c1ccc(Cl)cc1)S(C)(=O)=O. The molecule has 0 saturated carbocycles. The number of halogens is 1. The number of hydrogen-bond donors (Lipinski definition) is 1. The Hall–Kier alpha value is -2.58. The number of anilines is 1. The van der Waals surface area contributed by atoms with Crippen molar-refractivity contribution in [3.63, 3.8) is 0 Å². The van der Waals surface area contributed by atoms with Gasteiger partial charge in [0.15, 0.2) is 0 Å². The summed E-state index contributed by atoms with van der Waals surface area (Å²) in [4.78, 5) is 27.6. The molecule has 2 amide bonds. The Kier molecular flexibility index (Phi) is 8.31. The van der Waals surface area contributed by atoms with Crippen molar-refractivity contribution in [2.24, 2.45) is 0 Å². The molecule has 0 unspecified atom stereocenters. The van der Waals surface area contributed by atoms with E-state index in [1.807, 2.05) is 51.1 Å². The van der Waals surface area contributed by atoms with Crippen molar-refractivity contribution in [3.05, 3.63) is 65.2 Å². The van der Waals surface area contributed by atoms with Crippen LogP contribution < -0.4 is 9.62 Å². The Morgan fingerprint density at radius 1 is 1.03 bits per heavy atom. The number of amides is 2. The van der Waals surface area contributed by atoms with Crippen LogP contribution >= 0.6 is 11.6 Å². The summed E-state index contributed by atoms with van der Waals surface area (Å²) in [5, 5.41) is 3.33. The van der Waals surface area contributed by atoms with Gasteiger partial charge in [-0.15, -0.1) is 0 Å². The van der Waals surface area contributed by atoms with E-state index in [1.165, 1.54) is 17.0 Å². The number of rotatable bonds is 8. The van der Waals surface area contributed by atoms with E-state index in [0.717, 1.165) is 16.1 Å². The normalized spacial score (nSPS) is 12.7. The van der Waals surface area contributed by atoms with Crippen LogP contribution in [-0.4, -0.2) is 49.5 Å². The predicted molar refractivity (Wildman–Crippen MR) is 128 cm³/mol. The lowest BCUT2D eigenvalue weighted by molar-refractivity contribution is -0.140. The molecule has 2 aromatic carbocycles. The summed E-state index contributed by atoms with van der Waals surface area (Å²) in [5.74, 6) is -0.815. The molecule has 0 aromatic heterocycles. The van der Waals surface area contributed by atoms with Gasteiger partial charge in [-0.2, -0.15) is 0 Å². The van der Waals surface area contributed by atoms with Crippen molar-refractivity contribution in [1.29, 1.82) is 0 Å². The number of nitrogens with one attached hydrogen (secondary N) is 1. The fraction of sp³-hybridized carbons (Fsp3) is 0.391. The third-order valence-corrected chi connectivity index (χ3v) is 6.05. The molecule has 0 saturated heterocycles. The van der Waals surface area contributed by atoms with Gasteiger partial charge in [0.1, 0.15) is 12.6 Å². The minimum atomic E-state index is -3.76. The molecule has 0 bridgehead atoms. The van der Waals surface area contributed by atoms with Crippen LogP contribution in [0, 0.1) is 0 Å². The van der Waals surface area contributed by atoms with E-state index in [9.17, 15) is 18.0 Å². The van der Waals surface area contributed by atoms with Crippen LogP contribution in [-0.2, 0) is 26.2 Å². The van der Waals surface area contributed by atoms with Crippen molar-refractivity contribution in [3.8, 4) is 0 Å². The van der Waals surface area contributed by atoms with E-state index in [4.69, 9.17) is 11.6 Å². The van der Waals surface area contributed by atoms with Gasteiger partial charge in [0.05, 0.1) is 11.9 Å². The molecule has 0 radical (unpaired) electrons. The van der Waals surface area contributed by atoms with E-state index in [0.29, 0.717) is 10.7 Å². The minimum absolute atomic E-state index is 0.163. The lowest BCUT2D eigenvalue weighted by Gasteiger charge is -2.33. The van der Waals surface area contributed by atoms with Crippen molar-refractivity contribution in [2.45, 2.75) is 45.8 Å². The summed E-state index contributed by atoms with van der Waals surface area (Å²) in [5.41, 5.74) is 0.667. The standard InChI is InChI=1S/C23H30ClN3O4S/c1-17(22(29)25-23(2,3)4)26(15-18-9-7-6-8-10-18)21(28)16-27(32(5,30)31)20-13-11-19(24)12-14-20/h6-14,17H,15-16H2,1-5H3,(H,25,29)/t17-/m0/s1. The highest BCUT2D eigenvalue weighted by Gasteiger charge is 2.31. The maximum Gasteiger partial charge on any atom is 0.244 e. The summed E-state index contributed by atoms with van der Waals surface area (Å²) < 4.78 is 25.9. The molecule has 0 aliphatic carbocycles. The zero-order chi connectivity index (χ0) is 24.1. The van der Waals surface area contributed by atoms with Gasteiger partial charge in [0, 0.05) is 17.1 Å². The summed E-state index contributed by atoms with van der Waals surface area (Å²) >= 11 is 5.92. The third kappa shape index (κ3) is 7.53. The summed E-state index contributed by atoms with van der Waals surface area (Å²) in [7, 11) is -3.76. The molecule has 0 heterocycles. The molecule has 0 spiro atoms. The smallest absolute Gasteiger partial charge is 0.244 e. The third-order valence-electron chi connectivity index (χ3n) is 4.66. The number of carbonyl (C=O) groups is 2. The first-order valence-corrected chi connectivity index (χ1v) is 12.4. The van der Waals surface area contributed by atoms with E-state index < -0.39 is 34.1 Å². The molecule has 0 aliphatic rings. The van der Waals surface area contributed by atoms with Crippen LogP contribution in [0.25, 0.3) is 0 Å². The molecular formula is C23H30ClN3O4S. The van der Waals surface area contributed by atoms with Crippen LogP contribution in [0.5, 0.6) is 0 Å². The topological polar surface area (TPSA) is 86.8 Å². The molecular weight excluding hydrogens is 450 g/mol. The molecule has 7 nitrogen and oxygen atoms in total. The van der Waals surface area contributed by atoms with Gasteiger partial charge >= 0.3 is 0 Å². The Morgan fingerprint density at radius 2 is 1.59 bits per heavy atom. The lowest BCUT2D eigenvalue weighted by atomic mass is 10.1. The van der Waals surface area contributed by atoms with E-state index in [1.54, 1.807) is 19.1 Å². The molecule has 174 valence electrons. The first kappa shape index (κ1) is 25.7. The van der Waals surface area contributed by atoms with E-state index in [2.05, 4.69) is 5.32 Å². The van der Waals surface area contributed by atoms with Gasteiger partial charge in [0.25, 0.3) is 0 Å². The van der Waals surface area contributed by atoms with Crippen LogP contribution in [0.15, 0.2) is 54.6 Å². The Bertz CT molecular complexity index is 1040. The number of benzene rings is 2. The van der Waals surface area contributed by atoms with Gasteiger partial charge in [-0.3, -0.25) is 13.9 Å². The van der Waals surface area contributed by atoms with Gasteiger partial charge < -0.3 is 10.2 Å². The average Bonchev–Trinajstić information content (AvgIpc) is 2.69. The lowest BCUT2D eigenvalue weighted by Crippen LogP contribution is -2.54. The maximum absolute atomic E-state index is 13.4. The Morgan fingerprint density at radius 3 is 2.09 bits per heavy atom. The van der Waals surface area contributed by atoms with E-state index in [-0.39, 0.29) is 12.5 Å². The summed E-state index contributed by atoms with van der Waals surface area (Å²) in [6.07, 6.45) is 1.03. The van der Waals surface area contributed by atoms with Gasteiger partial charge in [-0.25, -0.2) is 8.42 Å². The second kappa shape index (κ2) is 10.4. The van der Waals surface area contributed by atoms with Crippen molar-refractivity contribution >= 4 is 39.1 Å². The number of hydrogen-bond acceptors (Lipinski definition) is 4. The molecule has 9 heteroatoms. The van der Waals surface area contributed by atoms with Crippen LogP contribution in [0.1, 0.15) is 33.3 Å².